The Hall–Kier alpha value is -2.53. The summed E-state index contributed by atoms with van der Waals surface area (Å²) >= 11 is 0. The van der Waals surface area contributed by atoms with Gasteiger partial charge in [-0.05, 0) is 51.2 Å². The first-order chi connectivity index (χ1) is 17.1. The second-order valence-corrected chi connectivity index (χ2v) is 16.8. The highest BCUT2D eigenvalue weighted by Crippen LogP contribution is 2.30. The number of allylic oxidation sites excluding steroid dienone is 1. The van der Waals surface area contributed by atoms with Crippen LogP contribution in [-0.4, -0.2) is 90.6 Å². The van der Waals surface area contributed by atoms with E-state index >= 15 is 0 Å². The molecule has 36 heavy (non-hydrogen) atoms. The number of rotatable bonds is 10. The van der Waals surface area contributed by atoms with E-state index in [4.69, 9.17) is 24.7 Å². The Balaban J connectivity index is 1.67. The van der Waals surface area contributed by atoms with Gasteiger partial charge in [-0.15, -0.1) is 0 Å². The van der Waals surface area contributed by atoms with E-state index in [1.165, 1.54) is 5.57 Å². The molecule has 0 aliphatic carbocycles. The van der Waals surface area contributed by atoms with Crippen molar-refractivity contribution in [2.24, 2.45) is 0 Å². The van der Waals surface area contributed by atoms with Gasteiger partial charge in [0, 0.05) is 45.4 Å². The molecule has 9 nitrogen and oxygen atoms in total. The molecule has 196 valence electrons. The number of ether oxygens (including phenoxy) is 2. The molecule has 0 spiro atoms. The second kappa shape index (κ2) is 11.2. The third-order valence-corrected chi connectivity index (χ3v) is 8.14. The first kappa shape index (κ1) is 26.5. The number of anilines is 1. The normalized spacial score (nSPS) is 17.5. The fourth-order valence-corrected chi connectivity index (χ4v) is 4.95. The molecule has 1 aliphatic heterocycles. The van der Waals surface area contributed by atoms with Crippen LogP contribution in [0.4, 0.5) is 5.82 Å². The van der Waals surface area contributed by atoms with Gasteiger partial charge in [0.05, 0.1) is 25.5 Å². The molecule has 0 amide bonds. The molecule has 0 aromatic carbocycles. The number of morpholine rings is 1. The summed E-state index contributed by atoms with van der Waals surface area (Å²) in [7, 11) is 3.05. The number of hydrogen-bond acceptors (Lipinski definition) is 7. The number of aromatic nitrogens is 5. The first-order valence-electron chi connectivity index (χ1n) is 12.8. The van der Waals surface area contributed by atoms with Crippen molar-refractivity contribution in [3.8, 4) is 5.82 Å². The smallest absolute Gasteiger partial charge is 0.177 e. The Bertz CT molecular complexity index is 1190. The molecule has 10 heteroatoms. The van der Waals surface area contributed by atoms with Gasteiger partial charge in [-0.25, -0.2) is 9.67 Å². The minimum atomic E-state index is -1.11. The van der Waals surface area contributed by atoms with E-state index in [0.29, 0.717) is 19.9 Å². The van der Waals surface area contributed by atoms with Gasteiger partial charge in [-0.1, -0.05) is 25.7 Å². The minimum absolute atomic E-state index is 0.256. The maximum atomic E-state index is 5.88. The molecule has 1 saturated heterocycles. The summed E-state index contributed by atoms with van der Waals surface area (Å²) in [4.78, 5) is 9.58. The quantitative estimate of drug-likeness (QED) is 0.299. The van der Waals surface area contributed by atoms with Crippen molar-refractivity contribution >= 4 is 30.5 Å². The molecule has 1 fully saturated rings. The molecule has 4 rings (SSSR count). The van der Waals surface area contributed by atoms with Gasteiger partial charge in [0.2, 0.25) is 0 Å². The van der Waals surface area contributed by atoms with Gasteiger partial charge in [0.15, 0.2) is 11.5 Å². The first-order valence-corrected chi connectivity index (χ1v) is 16.5. The van der Waals surface area contributed by atoms with E-state index in [1.807, 2.05) is 27.8 Å². The zero-order valence-corrected chi connectivity index (χ0v) is 23.9. The molecular formula is C26H41N7O2Si. The van der Waals surface area contributed by atoms with Gasteiger partial charge in [-0.2, -0.15) is 14.9 Å². The highest BCUT2D eigenvalue weighted by atomic mass is 28.3. The van der Waals surface area contributed by atoms with Crippen LogP contribution < -0.4 is 4.90 Å². The highest BCUT2D eigenvalue weighted by Gasteiger charge is 2.23. The molecule has 0 N–H and O–H groups in total. The molecular weight excluding hydrogens is 470 g/mol. The summed E-state index contributed by atoms with van der Waals surface area (Å²) < 4.78 is 15.2. The molecule has 3 aromatic rings. The molecule has 0 saturated carbocycles. The van der Waals surface area contributed by atoms with Crippen molar-refractivity contribution < 1.29 is 9.47 Å². The molecule has 1 atom stereocenters. The van der Waals surface area contributed by atoms with Crippen molar-refractivity contribution in [1.82, 2.24) is 29.4 Å². The van der Waals surface area contributed by atoms with Gasteiger partial charge in [-0.3, -0.25) is 0 Å². The summed E-state index contributed by atoms with van der Waals surface area (Å²) in [5.41, 5.74) is 3.17. The second-order valence-electron chi connectivity index (χ2n) is 11.1. The topological polar surface area (TPSA) is 73.5 Å². The van der Waals surface area contributed by atoms with E-state index in [9.17, 15) is 0 Å². The molecule has 4 heterocycles. The van der Waals surface area contributed by atoms with Gasteiger partial charge in [0.1, 0.15) is 12.5 Å². The average molecular weight is 512 g/mol. The highest BCUT2D eigenvalue weighted by molar-refractivity contribution is 6.76. The summed E-state index contributed by atoms with van der Waals surface area (Å²) in [5.74, 6) is 1.68. The SMILES string of the molecule is C/C(=C\CN(C)C)c1cc(N2CCOC[C@H]2C)nc2c1cnn2-c1ccn(COCC[Si](C)(C)C)n1. The van der Waals surface area contributed by atoms with Crippen molar-refractivity contribution in [3.63, 3.8) is 0 Å². The van der Waals surface area contributed by atoms with Gasteiger partial charge in [0.25, 0.3) is 0 Å². The fourth-order valence-electron chi connectivity index (χ4n) is 4.20. The monoisotopic (exact) mass is 511 g/mol. The lowest BCUT2D eigenvalue weighted by atomic mass is 10.0. The number of fused-ring (bicyclic) bond motifs is 1. The van der Waals surface area contributed by atoms with E-state index in [0.717, 1.165) is 54.0 Å². The molecule has 0 radical (unpaired) electrons. The van der Waals surface area contributed by atoms with Crippen LogP contribution in [0.15, 0.2) is 30.6 Å². The summed E-state index contributed by atoms with van der Waals surface area (Å²) in [5, 5.41) is 10.5. The Morgan fingerprint density at radius 2 is 2.08 bits per heavy atom. The van der Waals surface area contributed by atoms with Crippen molar-refractivity contribution in [3.05, 3.63) is 36.2 Å². The van der Waals surface area contributed by atoms with E-state index in [1.54, 1.807) is 0 Å². The van der Waals surface area contributed by atoms with Crippen molar-refractivity contribution in [2.45, 2.75) is 52.3 Å². The van der Waals surface area contributed by atoms with Crippen LogP contribution in [0.25, 0.3) is 22.4 Å². The zero-order chi connectivity index (χ0) is 25.9. The number of pyridine rings is 1. The van der Waals surface area contributed by atoms with E-state index in [-0.39, 0.29) is 6.04 Å². The van der Waals surface area contributed by atoms with Crippen LogP contribution in [0.2, 0.25) is 25.7 Å². The lowest BCUT2D eigenvalue weighted by Crippen LogP contribution is -2.44. The lowest BCUT2D eigenvalue weighted by Gasteiger charge is -2.34. The van der Waals surface area contributed by atoms with Crippen molar-refractivity contribution in [2.75, 3.05) is 51.9 Å². The summed E-state index contributed by atoms with van der Waals surface area (Å²) in [6.07, 6.45) is 6.10. The predicted octanol–water partition coefficient (Wildman–Crippen LogP) is 4.12. The maximum Gasteiger partial charge on any atom is 0.177 e. The van der Waals surface area contributed by atoms with Crippen LogP contribution in [-0.2, 0) is 16.2 Å². The third kappa shape index (κ3) is 6.42. The van der Waals surface area contributed by atoms with Crippen LogP contribution in [0, 0.1) is 0 Å². The lowest BCUT2D eigenvalue weighted by molar-refractivity contribution is 0.0785. The average Bonchev–Trinajstić information content (AvgIpc) is 3.46. The number of nitrogens with zero attached hydrogens (tertiary/aromatic N) is 7. The summed E-state index contributed by atoms with van der Waals surface area (Å²) in [6.45, 7) is 15.7. The molecule has 3 aromatic heterocycles. The molecule has 0 unspecified atom stereocenters. The minimum Gasteiger partial charge on any atom is -0.377 e. The van der Waals surface area contributed by atoms with Gasteiger partial charge >= 0.3 is 0 Å². The number of likely N-dealkylation sites (N-methyl/N-ethyl adjacent to an activating group) is 1. The number of hydrogen-bond donors (Lipinski definition) is 0. The van der Waals surface area contributed by atoms with Crippen LogP contribution in [0.3, 0.4) is 0 Å². The van der Waals surface area contributed by atoms with Crippen LogP contribution in [0.5, 0.6) is 0 Å². The van der Waals surface area contributed by atoms with E-state index < -0.39 is 8.07 Å². The largest absolute Gasteiger partial charge is 0.377 e. The Labute approximate surface area is 215 Å². The third-order valence-electron chi connectivity index (χ3n) is 6.44. The van der Waals surface area contributed by atoms with Gasteiger partial charge < -0.3 is 19.3 Å². The fraction of sp³-hybridized carbons (Fsp3) is 0.577. The van der Waals surface area contributed by atoms with Crippen LogP contribution >= 0.6 is 0 Å². The standard InChI is InChI=1S/C26H41N7O2Si/c1-20(8-10-30(3)4)22-16-25(32-12-13-34-18-21(32)2)28-26-23(22)17-27-33(26)24-9-11-31(29-24)19-35-14-15-36(5,6)7/h8-9,11,16-17,21H,10,12-15,18-19H2,1-7H3/b20-8+/t21-/m1/s1. The van der Waals surface area contributed by atoms with E-state index in [2.05, 4.69) is 69.5 Å². The maximum absolute atomic E-state index is 5.88. The van der Waals surface area contributed by atoms with Crippen molar-refractivity contribution in [1.29, 1.82) is 0 Å². The summed E-state index contributed by atoms with van der Waals surface area (Å²) in [6, 6.07) is 5.56. The van der Waals surface area contributed by atoms with Crippen LogP contribution in [0.1, 0.15) is 19.4 Å². The Kier molecular flexibility index (Phi) is 8.29. The molecule has 0 bridgehead atoms. The Morgan fingerprint density at radius 3 is 2.81 bits per heavy atom. The molecule has 1 aliphatic rings. The predicted molar refractivity (Wildman–Crippen MR) is 149 cm³/mol. The Morgan fingerprint density at radius 1 is 1.28 bits per heavy atom. The zero-order valence-electron chi connectivity index (χ0n) is 22.9.